The van der Waals surface area contributed by atoms with Gasteiger partial charge in [-0.25, -0.2) is 4.79 Å². The minimum atomic E-state index is -0.951. The van der Waals surface area contributed by atoms with E-state index < -0.39 is 18.1 Å². The third-order valence-corrected chi connectivity index (χ3v) is 4.63. The van der Waals surface area contributed by atoms with E-state index in [-0.39, 0.29) is 16.7 Å². The molecule has 1 aliphatic heterocycles. The van der Waals surface area contributed by atoms with Gasteiger partial charge in [0.15, 0.2) is 0 Å². The van der Waals surface area contributed by atoms with Crippen molar-refractivity contribution in [2.24, 2.45) is 11.1 Å². The van der Waals surface area contributed by atoms with E-state index in [1.165, 1.54) is 16.7 Å². The van der Waals surface area contributed by atoms with Crippen molar-refractivity contribution in [2.45, 2.75) is 51.6 Å². The third kappa shape index (κ3) is 2.98. The number of nitrogens with zero attached hydrogens (tertiary/aromatic N) is 1. The van der Waals surface area contributed by atoms with Crippen molar-refractivity contribution < 1.29 is 14.7 Å². The van der Waals surface area contributed by atoms with Crippen LogP contribution in [0, 0.1) is 5.41 Å². The maximum absolute atomic E-state index is 12.4. The Labute approximate surface area is 112 Å². The van der Waals surface area contributed by atoms with Crippen LogP contribution in [0.3, 0.4) is 0 Å². The van der Waals surface area contributed by atoms with Crippen LogP contribution in [0.2, 0.25) is 0 Å². The third-order valence-electron chi connectivity index (χ3n) is 3.18. The maximum atomic E-state index is 12.4. The normalized spacial score (nSPS) is 26.2. The van der Waals surface area contributed by atoms with Crippen molar-refractivity contribution >= 4 is 23.6 Å². The number of rotatable bonds is 3. The van der Waals surface area contributed by atoms with Crippen LogP contribution in [0.4, 0.5) is 0 Å². The van der Waals surface area contributed by atoms with Crippen LogP contribution in [-0.4, -0.2) is 45.1 Å². The summed E-state index contributed by atoms with van der Waals surface area (Å²) in [5.74, 6) is -0.768. The minimum Gasteiger partial charge on any atom is -0.480 e. The molecular formula is C12H22N2O3S. The Balaban J connectivity index is 2.95. The van der Waals surface area contributed by atoms with E-state index in [1.807, 2.05) is 27.7 Å². The number of nitrogens with two attached hydrogens (primary N) is 1. The van der Waals surface area contributed by atoms with Gasteiger partial charge in [0.2, 0.25) is 5.91 Å². The molecule has 18 heavy (non-hydrogen) atoms. The zero-order valence-corrected chi connectivity index (χ0v) is 12.2. The van der Waals surface area contributed by atoms with Gasteiger partial charge in [-0.1, -0.05) is 27.7 Å². The van der Waals surface area contributed by atoms with E-state index in [9.17, 15) is 14.7 Å². The summed E-state index contributed by atoms with van der Waals surface area (Å²) in [6, 6.07) is -1.42. The Morgan fingerprint density at radius 1 is 1.50 bits per heavy atom. The molecule has 0 spiro atoms. The largest absolute Gasteiger partial charge is 0.480 e. The van der Waals surface area contributed by atoms with Crippen LogP contribution in [0.25, 0.3) is 0 Å². The molecule has 104 valence electrons. The Morgan fingerprint density at radius 2 is 2.06 bits per heavy atom. The molecule has 0 bridgehead atoms. The smallest absolute Gasteiger partial charge is 0.327 e. The fraction of sp³-hybridized carbons (Fsp3) is 0.833. The summed E-state index contributed by atoms with van der Waals surface area (Å²) in [5.41, 5.74) is 5.59. The van der Waals surface area contributed by atoms with Crippen LogP contribution in [-0.2, 0) is 9.59 Å². The predicted molar refractivity (Wildman–Crippen MR) is 72.2 cm³/mol. The molecular weight excluding hydrogens is 252 g/mol. The molecule has 1 fully saturated rings. The van der Waals surface area contributed by atoms with E-state index in [4.69, 9.17) is 5.73 Å². The second-order valence-corrected chi connectivity index (χ2v) is 6.85. The zero-order chi connectivity index (χ0) is 14.1. The molecule has 1 heterocycles. The lowest BCUT2D eigenvalue weighted by Crippen LogP contribution is -2.55. The molecule has 1 saturated heterocycles. The molecule has 0 aromatic heterocycles. The first-order chi connectivity index (χ1) is 8.20. The Hall–Kier alpha value is -0.750. The van der Waals surface area contributed by atoms with Gasteiger partial charge in [-0.15, -0.1) is 11.8 Å². The van der Waals surface area contributed by atoms with Gasteiger partial charge in [0.05, 0.1) is 11.4 Å². The van der Waals surface area contributed by atoms with E-state index >= 15 is 0 Å². The molecule has 1 aliphatic rings. The van der Waals surface area contributed by atoms with Gasteiger partial charge in [0.25, 0.3) is 0 Å². The number of thioether (sulfide) groups is 1. The highest BCUT2D eigenvalue weighted by Crippen LogP contribution is 2.33. The van der Waals surface area contributed by atoms with Gasteiger partial charge in [0.1, 0.15) is 6.04 Å². The fourth-order valence-corrected chi connectivity index (χ4v) is 3.25. The van der Waals surface area contributed by atoms with E-state index in [2.05, 4.69) is 0 Å². The second kappa shape index (κ2) is 5.48. The quantitative estimate of drug-likeness (QED) is 0.806. The summed E-state index contributed by atoms with van der Waals surface area (Å²) >= 11 is 1.51. The molecule has 0 radical (unpaired) electrons. The van der Waals surface area contributed by atoms with Crippen molar-refractivity contribution in [2.75, 3.05) is 5.75 Å². The van der Waals surface area contributed by atoms with Crippen molar-refractivity contribution in [3.05, 3.63) is 0 Å². The standard InChI is InChI=1S/C12H22N2O3S/c1-5-8-14(7(6-18-8)11(16)17)10(15)9(13)12(2,3)4/h7-9H,5-6,13H2,1-4H3,(H,16,17)/t7?,8?,9-/m0/s1. The number of aliphatic carboxylic acids is 1. The molecule has 2 unspecified atom stereocenters. The molecule has 0 aliphatic carbocycles. The number of carbonyl (C=O) groups excluding carboxylic acids is 1. The summed E-state index contributed by atoms with van der Waals surface area (Å²) in [6.45, 7) is 7.60. The molecule has 0 saturated carbocycles. The Morgan fingerprint density at radius 3 is 2.44 bits per heavy atom. The molecule has 5 nitrogen and oxygen atoms in total. The van der Waals surface area contributed by atoms with Crippen molar-refractivity contribution in [1.82, 2.24) is 4.90 Å². The van der Waals surface area contributed by atoms with Gasteiger partial charge in [-0.05, 0) is 11.8 Å². The van der Waals surface area contributed by atoms with Crippen LogP contribution >= 0.6 is 11.8 Å². The summed E-state index contributed by atoms with van der Waals surface area (Å²) < 4.78 is 0. The Bertz CT molecular complexity index is 341. The topological polar surface area (TPSA) is 83.6 Å². The first-order valence-electron chi connectivity index (χ1n) is 6.12. The van der Waals surface area contributed by atoms with Gasteiger partial charge < -0.3 is 15.7 Å². The molecule has 3 N–H and O–H groups in total. The predicted octanol–water partition coefficient (Wildman–Crippen LogP) is 1.12. The molecule has 3 atom stereocenters. The second-order valence-electron chi connectivity index (χ2n) is 5.64. The SMILES string of the molecule is CCC1SCC(C(=O)O)N1C(=O)[C@H](N)C(C)(C)C. The minimum absolute atomic E-state index is 0.0769. The van der Waals surface area contributed by atoms with Crippen LogP contribution < -0.4 is 5.73 Å². The lowest BCUT2D eigenvalue weighted by Gasteiger charge is -2.34. The van der Waals surface area contributed by atoms with E-state index in [0.717, 1.165) is 6.42 Å². The zero-order valence-electron chi connectivity index (χ0n) is 11.3. The maximum Gasteiger partial charge on any atom is 0.327 e. The van der Waals surface area contributed by atoms with Crippen LogP contribution in [0.15, 0.2) is 0 Å². The lowest BCUT2D eigenvalue weighted by molar-refractivity contribution is -0.150. The number of hydrogen-bond acceptors (Lipinski definition) is 4. The van der Waals surface area contributed by atoms with Gasteiger partial charge in [0, 0.05) is 5.75 Å². The number of carboxylic acids is 1. The highest BCUT2D eigenvalue weighted by Gasteiger charge is 2.44. The highest BCUT2D eigenvalue weighted by atomic mass is 32.2. The van der Waals surface area contributed by atoms with Gasteiger partial charge in [-0.2, -0.15) is 0 Å². The van der Waals surface area contributed by atoms with E-state index in [1.54, 1.807) is 0 Å². The fourth-order valence-electron chi connectivity index (χ4n) is 1.89. The first kappa shape index (κ1) is 15.3. The monoisotopic (exact) mass is 274 g/mol. The summed E-state index contributed by atoms with van der Waals surface area (Å²) in [5, 5.41) is 9.11. The number of hydrogen-bond donors (Lipinski definition) is 2. The summed E-state index contributed by atoms with van der Waals surface area (Å²) in [4.78, 5) is 25.1. The Kier molecular flexibility index (Phi) is 4.66. The summed E-state index contributed by atoms with van der Waals surface area (Å²) in [7, 11) is 0. The highest BCUT2D eigenvalue weighted by molar-refractivity contribution is 8.00. The lowest BCUT2D eigenvalue weighted by atomic mass is 9.86. The number of amides is 1. The number of carbonyl (C=O) groups is 2. The average molecular weight is 274 g/mol. The van der Waals surface area contributed by atoms with Gasteiger partial charge >= 0.3 is 5.97 Å². The van der Waals surface area contributed by atoms with Crippen molar-refractivity contribution in [3.63, 3.8) is 0 Å². The number of carboxylic acid groups (broad SMARTS) is 1. The van der Waals surface area contributed by atoms with Crippen LogP contribution in [0.1, 0.15) is 34.1 Å². The molecule has 0 aromatic rings. The molecule has 6 heteroatoms. The van der Waals surface area contributed by atoms with Crippen molar-refractivity contribution in [3.8, 4) is 0 Å². The molecule has 0 aromatic carbocycles. The average Bonchev–Trinajstić information content (AvgIpc) is 2.69. The molecule has 1 amide bonds. The van der Waals surface area contributed by atoms with Gasteiger partial charge in [-0.3, -0.25) is 4.79 Å². The van der Waals surface area contributed by atoms with Crippen LogP contribution in [0.5, 0.6) is 0 Å². The molecule has 1 rings (SSSR count). The van der Waals surface area contributed by atoms with E-state index in [0.29, 0.717) is 5.75 Å². The first-order valence-corrected chi connectivity index (χ1v) is 7.17. The van der Waals surface area contributed by atoms with Crippen molar-refractivity contribution in [1.29, 1.82) is 0 Å². The summed E-state index contributed by atoms with van der Waals surface area (Å²) in [6.07, 6.45) is 0.733.